The Morgan fingerprint density at radius 1 is 1.10 bits per heavy atom. The summed E-state index contributed by atoms with van der Waals surface area (Å²) in [5, 5.41) is 5.00. The Labute approximate surface area is 186 Å². The Bertz CT molecular complexity index is 1150. The number of benzene rings is 2. The summed E-state index contributed by atoms with van der Waals surface area (Å²) in [5.41, 5.74) is 4.36. The van der Waals surface area contributed by atoms with Crippen LogP contribution in [-0.4, -0.2) is 46.1 Å². The van der Waals surface area contributed by atoms with Gasteiger partial charge in [-0.25, -0.2) is 9.99 Å². The number of thioether (sulfide) groups is 1. The number of methoxy groups -OCH3 is 2. The lowest BCUT2D eigenvalue weighted by Crippen LogP contribution is -2.41. The van der Waals surface area contributed by atoms with Crippen LogP contribution < -0.4 is 9.47 Å². The van der Waals surface area contributed by atoms with Gasteiger partial charge >= 0.3 is 0 Å². The van der Waals surface area contributed by atoms with E-state index in [0.29, 0.717) is 0 Å². The van der Waals surface area contributed by atoms with E-state index in [1.165, 1.54) is 16.0 Å². The van der Waals surface area contributed by atoms with E-state index in [9.17, 15) is 0 Å². The molecule has 31 heavy (non-hydrogen) atoms. The van der Waals surface area contributed by atoms with Gasteiger partial charge in [-0.2, -0.15) is 0 Å². The van der Waals surface area contributed by atoms with E-state index in [2.05, 4.69) is 46.8 Å². The van der Waals surface area contributed by atoms with Crippen LogP contribution in [0.5, 0.6) is 11.5 Å². The number of H-pyrrole nitrogens is 1. The zero-order valence-corrected chi connectivity index (χ0v) is 18.8. The van der Waals surface area contributed by atoms with Crippen LogP contribution in [0.1, 0.15) is 30.8 Å². The van der Waals surface area contributed by atoms with E-state index < -0.39 is 0 Å². The Morgan fingerprint density at radius 2 is 1.84 bits per heavy atom. The molecule has 160 valence electrons. The number of hydrogen-bond donors (Lipinski definition) is 1. The van der Waals surface area contributed by atoms with Crippen molar-refractivity contribution in [2.75, 3.05) is 20.8 Å². The summed E-state index contributed by atoms with van der Waals surface area (Å²) in [4.78, 5) is 9.65. The van der Waals surface area contributed by atoms with E-state index in [-0.39, 0.29) is 11.4 Å². The molecule has 0 aliphatic carbocycles. The van der Waals surface area contributed by atoms with Gasteiger partial charge in [0.25, 0.3) is 0 Å². The molecule has 1 saturated heterocycles. The number of imidazole rings is 1. The summed E-state index contributed by atoms with van der Waals surface area (Å²) in [5.74, 6) is 2.66. The quantitative estimate of drug-likeness (QED) is 0.558. The maximum Gasteiger partial charge on any atom is 0.126 e. The zero-order chi connectivity index (χ0) is 21.5. The number of aromatic nitrogens is 2. The van der Waals surface area contributed by atoms with Crippen molar-refractivity contribution < 1.29 is 9.47 Å². The minimum Gasteiger partial charge on any atom is -0.497 e. The number of aromatic amines is 1. The fourth-order valence-electron chi connectivity index (χ4n) is 4.23. The molecule has 5 rings (SSSR count). The van der Waals surface area contributed by atoms with Gasteiger partial charge in [0.1, 0.15) is 17.3 Å². The standard InChI is InChI=1S/C24H26N4O2S/c1-15-11-22(24-25-20-10-9-19(30-4)12-21(20)26-24)28(13-15)27-14-23(31-16(27)2)17-5-7-18(29-3)8-6-17/h5-10,12,14,16,22H,1,11,13H2,2-4H3,(H,25,26)/t16?,22-/m0/s1. The Balaban J connectivity index is 1.45. The molecule has 0 spiro atoms. The summed E-state index contributed by atoms with van der Waals surface area (Å²) >= 11 is 1.86. The average molecular weight is 435 g/mol. The van der Waals surface area contributed by atoms with Gasteiger partial charge in [-0.1, -0.05) is 36.0 Å². The number of ether oxygens (including phenoxy) is 2. The Morgan fingerprint density at radius 3 is 2.58 bits per heavy atom. The first-order valence-corrected chi connectivity index (χ1v) is 11.2. The molecule has 0 saturated carbocycles. The first kappa shape index (κ1) is 20.0. The smallest absolute Gasteiger partial charge is 0.126 e. The molecule has 3 aromatic rings. The molecule has 1 fully saturated rings. The molecule has 1 N–H and O–H groups in total. The van der Waals surface area contributed by atoms with Crippen LogP contribution in [-0.2, 0) is 0 Å². The highest BCUT2D eigenvalue weighted by atomic mass is 32.2. The number of rotatable bonds is 5. The lowest BCUT2D eigenvalue weighted by atomic mass is 10.2. The van der Waals surface area contributed by atoms with E-state index >= 15 is 0 Å². The molecule has 2 aliphatic heterocycles. The SMILES string of the molecule is C=C1C[C@@H](c2nc3ccc(OC)cc3[nH]2)N(N2C=C(c3ccc(OC)cc3)SC2C)C1. The lowest BCUT2D eigenvalue weighted by Gasteiger charge is -2.35. The third-order valence-electron chi connectivity index (χ3n) is 5.84. The van der Waals surface area contributed by atoms with Crippen molar-refractivity contribution in [3.8, 4) is 11.5 Å². The predicted octanol–water partition coefficient (Wildman–Crippen LogP) is 5.19. The number of fused-ring (bicyclic) bond motifs is 1. The summed E-state index contributed by atoms with van der Waals surface area (Å²) in [6.07, 6.45) is 3.13. The Kier molecular flexibility index (Phi) is 5.16. The van der Waals surface area contributed by atoms with Gasteiger partial charge in [-0.3, -0.25) is 5.01 Å². The number of nitrogens with one attached hydrogen (secondary N) is 1. The maximum atomic E-state index is 5.36. The summed E-state index contributed by atoms with van der Waals surface area (Å²) < 4.78 is 10.7. The van der Waals surface area contributed by atoms with Gasteiger partial charge < -0.3 is 14.5 Å². The molecule has 6 nitrogen and oxygen atoms in total. The van der Waals surface area contributed by atoms with E-state index in [4.69, 9.17) is 14.5 Å². The van der Waals surface area contributed by atoms with Crippen molar-refractivity contribution >= 4 is 27.7 Å². The number of hydrazine groups is 1. The molecule has 2 atom stereocenters. The van der Waals surface area contributed by atoms with Crippen LogP contribution in [0.4, 0.5) is 0 Å². The third kappa shape index (κ3) is 3.68. The number of hydrogen-bond acceptors (Lipinski definition) is 6. The summed E-state index contributed by atoms with van der Waals surface area (Å²) in [6.45, 7) is 7.34. The fraction of sp³-hybridized carbons (Fsp3) is 0.292. The molecule has 1 unspecified atom stereocenters. The average Bonchev–Trinajstić information content (AvgIpc) is 3.49. The summed E-state index contributed by atoms with van der Waals surface area (Å²) in [7, 11) is 3.37. The van der Waals surface area contributed by atoms with Crippen molar-refractivity contribution in [2.24, 2.45) is 0 Å². The fourth-order valence-corrected chi connectivity index (χ4v) is 5.33. The second-order valence-electron chi connectivity index (χ2n) is 7.89. The molecular formula is C24H26N4O2S. The minimum atomic E-state index is 0.125. The molecular weight excluding hydrogens is 408 g/mol. The van der Waals surface area contributed by atoms with E-state index in [1.807, 2.05) is 42.1 Å². The van der Waals surface area contributed by atoms with Gasteiger partial charge in [-0.15, -0.1) is 0 Å². The van der Waals surface area contributed by atoms with Crippen LogP contribution in [0.25, 0.3) is 15.9 Å². The molecule has 0 radical (unpaired) electrons. The number of nitrogens with zero attached hydrogens (tertiary/aromatic N) is 3. The van der Waals surface area contributed by atoms with E-state index in [0.717, 1.165) is 41.3 Å². The van der Waals surface area contributed by atoms with Crippen LogP contribution in [0.2, 0.25) is 0 Å². The summed E-state index contributed by atoms with van der Waals surface area (Å²) in [6, 6.07) is 14.3. The zero-order valence-electron chi connectivity index (χ0n) is 18.0. The van der Waals surface area contributed by atoms with Crippen LogP contribution in [0, 0.1) is 0 Å². The predicted molar refractivity (Wildman–Crippen MR) is 126 cm³/mol. The Hall–Kier alpha value is -2.90. The maximum absolute atomic E-state index is 5.36. The van der Waals surface area contributed by atoms with Gasteiger partial charge in [-0.05, 0) is 43.2 Å². The van der Waals surface area contributed by atoms with Gasteiger partial charge in [0.15, 0.2) is 0 Å². The van der Waals surface area contributed by atoms with Crippen molar-refractivity contribution in [3.05, 3.63) is 72.2 Å². The molecule has 2 aliphatic rings. The molecule has 2 aromatic carbocycles. The third-order valence-corrected chi connectivity index (χ3v) is 6.99. The topological polar surface area (TPSA) is 53.6 Å². The van der Waals surface area contributed by atoms with Crippen molar-refractivity contribution in [1.29, 1.82) is 0 Å². The van der Waals surface area contributed by atoms with E-state index in [1.54, 1.807) is 14.2 Å². The molecule has 0 bridgehead atoms. The highest BCUT2D eigenvalue weighted by Gasteiger charge is 2.38. The molecule has 7 heteroatoms. The molecule has 0 amide bonds. The second-order valence-corrected chi connectivity index (χ2v) is 9.25. The molecule has 3 heterocycles. The highest BCUT2D eigenvalue weighted by molar-refractivity contribution is 8.09. The van der Waals surface area contributed by atoms with Gasteiger partial charge in [0.05, 0.1) is 36.7 Å². The molecule has 1 aromatic heterocycles. The van der Waals surface area contributed by atoms with Gasteiger partial charge in [0, 0.05) is 23.7 Å². The van der Waals surface area contributed by atoms with Gasteiger partial charge in [0.2, 0.25) is 0 Å². The first-order chi connectivity index (χ1) is 15.1. The minimum absolute atomic E-state index is 0.125. The largest absolute Gasteiger partial charge is 0.497 e. The van der Waals surface area contributed by atoms with Crippen LogP contribution >= 0.6 is 11.8 Å². The second kappa shape index (κ2) is 7.98. The first-order valence-electron chi connectivity index (χ1n) is 10.3. The monoisotopic (exact) mass is 434 g/mol. The lowest BCUT2D eigenvalue weighted by molar-refractivity contribution is 0.00422. The van der Waals surface area contributed by atoms with Crippen molar-refractivity contribution in [3.63, 3.8) is 0 Å². The normalized spacial score (nSPS) is 21.7. The highest BCUT2D eigenvalue weighted by Crippen LogP contribution is 2.45. The van der Waals surface area contributed by atoms with Crippen LogP contribution in [0.15, 0.2) is 60.8 Å². The van der Waals surface area contributed by atoms with Crippen LogP contribution in [0.3, 0.4) is 0 Å². The van der Waals surface area contributed by atoms with Crippen molar-refractivity contribution in [2.45, 2.75) is 24.8 Å². The van der Waals surface area contributed by atoms with Crippen molar-refractivity contribution in [1.82, 2.24) is 20.0 Å².